The number of rotatable bonds is 2. The van der Waals surface area contributed by atoms with E-state index in [1.165, 1.54) is 51.4 Å². The molecule has 176 valence electrons. The van der Waals surface area contributed by atoms with E-state index < -0.39 is 0 Å². The van der Waals surface area contributed by atoms with Crippen molar-refractivity contribution in [3.8, 4) is 0 Å². The van der Waals surface area contributed by atoms with E-state index in [0.717, 1.165) is 100 Å². The van der Waals surface area contributed by atoms with E-state index in [9.17, 15) is 9.59 Å². The minimum absolute atomic E-state index is 0.0449. The molecule has 1 heterocycles. The van der Waals surface area contributed by atoms with E-state index in [1.807, 2.05) is 0 Å². The zero-order chi connectivity index (χ0) is 21.5. The van der Waals surface area contributed by atoms with Crippen LogP contribution in [-0.2, 0) is 9.59 Å². The van der Waals surface area contributed by atoms with E-state index in [2.05, 4.69) is 9.80 Å². The van der Waals surface area contributed by atoms with Crippen LogP contribution in [0.1, 0.15) is 89.9 Å². The molecule has 0 aromatic carbocycles. The first-order valence-electron chi connectivity index (χ1n) is 14.1. The summed E-state index contributed by atoms with van der Waals surface area (Å²) in [6, 6.07) is 0. The first kappa shape index (κ1) is 20.3. The first-order chi connectivity index (χ1) is 15.5. The number of hydrogen-bond acceptors (Lipinski definition) is 2. The standard InChI is InChI=1S/C28H42N2O2/c31-25(27-4-3-19-9-22(16-27)13-23(10-19)17-27)29-5-7-30(8-6-29)26(32)28-14-20-1-2-21(15-28)12-24(11-20)18-28/h19-24H,1-18H2/t19?,20-,21-,22-,23-,24?,27?,28?/m0/s1. The highest BCUT2D eigenvalue weighted by Crippen LogP contribution is 2.59. The molecule has 32 heavy (non-hydrogen) atoms. The number of carbonyl (C=O) groups excluding carboxylic acids is 2. The van der Waals surface area contributed by atoms with Crippen molar-refractivity contribution in [2.75, 3.05) is 26.2 Å². The Morgan fingerprint density at radius 3 is 1.47 bits per heavy atom. The molecule has 0 aromatic rings. The molecule has 0 spiro atoms. The summed E-state index contributed by atoms with van der Waals surface area (Å²) < 4.78 is 0. The lowest BCUT2D eigenvalue weighted by Crippen LogP contribution is -2.58. The first-order valence-corrected chi connectivity index (χ1v) is 14.1. The smallest absolute Gasteiger partial charge is 0.228 e. The maximum absolute atomic E-state index is 13.9. The average molecular weight is 439 g/mol. The summed E-state index contributed by atoms with van der Waals surface area (Å²) in [5, 5.41) is 0. The summed E-state index contributed by atoms with van der Waals surface area (Å²) in [6.45, 7) is 3.10. The molecule has 0 unspecified atom stereocenters. The van der Waals surface area contributed by atoms with E-state index in [0.29, 0.717) is 11.8 Å². The third kappa shape index (κ3) is 3.13. The second-order valence-electron chi connectivity index (χ2n) is 13.7. The van der Waals surface area contributed by atoms with Gasteiger partial charge in [0.15, 0.2) is 0 Å². The van der Waals surface area contributed by atoms with Gasteiger partial charge in [-0.25, -0.2) is 0 Å². The van der Waals surface area contributed by atoms with Crippen LogP contribution in [0, 0.1) is 46.3 Å². The van der Waals surface area contributed by atoms with Crippen LogP contribution in [0.4, 0.5) is 0 Å². The molecule has 4 nitrogen and oxygen atoms in total. The molecule has 8 bridgehead atoms. The fourth-order valence-electron chi connectivity index (χ4n) is 10.7. The summed E-state index contributed by atoms with van der Waals surface area (Å²) in [4.78, 5) is 32.1. The van der Waals surface area contributed by atoms with Gasteiger partial charge < -0.3 is 9.80 Å². The quantitative estimate of drug-likeness (QED) is 0.617. The maximum Gasteiger partial charge on any atom is 0.228 e. The fourth-order valence-corrected chi connectivity index (χ4v) is 10.7. The maximum atomic E-state index is 13.9. The van der Waals surface area contributed by atoms with Crippen LogP contribution in [0.3, 0.4) is 0 Å². The number of hydrogen-bond donors (Lipinski definition) is 0. The van der Waals surface area contributed by atoms with Gasteiger partial charge >= 0.3 is 0 Å². The molecule has 0 radical (unpaired) electrons. The van der Waals surface area contributed by atoms with Crippen LogP contribution in [0.15, 0.2) is 0 Å². The highest BCUT2D eigenvalue weighted by molar-refractivity contribution is 5.85. The van der Waals surface area contributed by atoms with Gasteiger partial charge in [-0.1, -0.05) is 12.8 Å². The minimum Gasteiger partial charge on any atom is -0.339 e. The highest BCUT2D eigenvalue weighted by atomic mass is 16.2. The van der Waals surface area contributed by atoms with Gasteiger partial charge in [-0.15, -0.1) is 0 Å². The van der Waals surface area contributed by atoms with Gasteiger partial charge in [0.25, 0.3) is 0 Å². The third-order valence-corrected chi connectivity index (χ3v) is 11.5. The van der Waals surface area contributed by atoms with E-state index in [-0.39, 0.29) is 10.8 Å². The highest BCUT2D eigenvalue weighted by Gasteiger charge is 2.55. The third-order valence-electron chi connectivity index (χ3n) is 11.5. The fraction of sp³-hybridized carbons (Fsp3) is 0.929. The zero-order valence-electron chi connectivity index (χ0n) is 19.9. The lowest BCUT2D eigenvalue weighted by Gasteiger charge is -2.50. The molecular weight excluding hydrogens is 396 g/mol. The normalized spacial score (nSPS) is 49.2. The molecule has 2 amide bonds. The summed E-state index contributed by atoms with van der Waals surface area (Å²) in [5.41, 5.74) is -0.0976. The van der Waals surface area contributed by atoms with Crippen molar-refractivity contribution in [2.45, 2.75) is 89.9 Å². The van der Waals surface area contributed by atoms with Crippen molar-refractivity contribution in [2.24, 2.45) is 46.3 Å². The Labute approximate surface area is 193 Å². The van der Waals surface area contributed by atoms with Gasteiger partial charge in [-0.3, -0.25) is 9.59 Å². The van der Waals surface area contributed by atoms with Crippen LogP contribution < -0.4 is 0 Å². The Morgan fingerprint density at radius 2 is 0.906 bits per heavy atom. The van der Waals surface area contributed by atoms with Crippen molar-refractivity contribution in [1.29, 1.82) is 0 Å². The molecule has 8 saturated carbocycles. The van der Waals surface area contributed by atoms with Crippen LogP contribution in [0.25, 0.3) is 0 Å². The molecule has 1 saturated heterocycles. The van der Waals surface area contributed by atoms with E-state index in [1.54, 1.807) is 0 Å². The van der Waals surface area contributed by atoms with E-state index in [4.69, 9.17) is 0 Å². The largest absolute Gasteiger partial charge is 0.339 e. The Bertz CT molecular complexity index is 733. The Balaban J connectivity index is 1.04. The zero-order valence-corrected chi connectivity index (χ0v) is 19.9. The van der Waals surface area contributed by atoms with Crippen LogP contribution in [0.5, 0.6) is 0 Å². The lowest BCUT2D eigenvalue weighted by atomic mass is 9.58. The second-order valence-corrected chi connectivity index (χ2v) is 13.7. The van der Waals surface area contributed by atoms with Crippen molar-refractivity contribution >= 4 is 11.8 Å². The Kier molecular flexibility index (Phi) is 4.58. The van der Waals surface area contributed by atoms with Crippen molar-refractivity contribution < 1.29 is 9.59 Å². The SMILES string of the molecule is O=C(N1CCN(C(=O)C23CC4C[C@H](CC[C@@H](C4)C2)C3)CC1)C12CCC3C[C@@H](C[C@H](C3)C1)C2. The average Bonchev–Trinajstić information content (AvgIpc) is 3.14. The molecule has 0 N–H and O–H groups in total. The lowest BCUT2D eigenvalue weighted by molar-refractivity contribution is -0.157. The molecule has 4 atom stereocenters. The Morgan fingerprint density at radius 1 is 0.500 bits per heavy atom. The van der Waals surface area contributed by atoms with Gasteiger partial charge in [-0.2, -0.15) is 0 Å². The molecule has 9 aliphatic rings. The van der Waals surface area contributed by atoms with Gasteiger partial charge in [0.2, 0.25) is 11.8 Å². The summed E-state index contributed by atoms with van der Waals surface area (Å²) in [6.07, 6.45) is 17.9. The number of amides is 2. The summed E-state index contributed by atoms with van der Waals surface area (Å²) in [5.74, 6) is 5.85. The van der Waals surface area contributed by atoms with Crippen molar-refractivity contribution in [1.82, 2.24) is 9.80 Å². The molecular formula is C28H42N2O2. The van der Waals surface area contributed by atoms with Gasteiger partial charge in [0.05, 0.1) is 5.41 Å². The van der Waals surface area contributed by atoms with Gasteiger partial charge in [0.1, 0.15) is 0 Å². The van der Waals surface area contributed by atoms with Gasteiger partial charge in [0, 0.05) is 31.6 Å². The topological polar surface area (TPSA) is 40.6 Å². The van der Waals surface area contributed by atoms with Crippen LogP contribution >= 0.6 is 0 Å². The van der Waals surface area contributed by atoms with Crippen molar-refractivity contribution in [3.63, 3.8) is 0 Å². The second kappa shape index (κ2) is 7.22. The molecule has 0 aromatic heterocycles. The van der Waals surface area contributed by atoms with Crippen LogP contribution in [0.2, 0.25) is 0 Å². The molecule has 1 aliphatic heterocycles. The number of nitrogens with zero attached hydrogens (tertiary/aromatic N) is 2. The summed E-state index contributed by atoms with van der Waals surface area (Å²) in [7, 11) is 0. The number of fused-ring (bicyclic) bond motifs is 2. The molecule has 8 aliphatic carbocycles. The number of carbonyl (C=O) groups is 2. The monoisotopic (exact) mass is 438 g/mol. The predicted molar refractivity (Wildman–Crippen MR) is 124 cm³/mol. The van der Waals surface area contributed by atoms with Crippen molar-refractivity contribution in [3.05, 3.63) is 0 Å². The Hall–Kier alpha value is -1.06. The molecule has 4 heteroatoms. The summed E-state index contributed by atoms with van der Waals surface area (Å²) >= 11 is 0. The van der Waals surface area contributed by atoms with Crippen LogP contribution in [-0.4, -0.2) is 47.8 Å². The molecule has 9 fully saturated rings. The van der Waals surface area contributed by atoms with E-state index >= 15 is 0 Å². The predicted octanol–water partition coefficient (Wildman–Crippen LogP) is 4.87. The van der Waals surface area contributed by atoms with Gasteiger partial charge in [-0.05, 0) is 113 Å². The molecule has 9 rings (SSSR count). The number of piperazine rings is 1. The minimum atomic E-state index is -0.0527.